The summed E-state index contributed by atoms with van der Waals surface area (Å²) in [4.78, 5) is 33.7. The molecule has 0 aromatic carbocycles. The minimum atomic E-state index is -2.66. The molecule has 2 aliphatic heterocycles. The van der Waals surface area contributed by atoms with Crippen molar-refractivity contribution in [3.63, 3.8) is 0 Å². The van der Waals surface area contributed by atoms with Gasteiger partial charge in [0.05, 0.1) is 12.8 Å². The number of cyclic esters (lactones) is 1. The Hall–Kier alpha value is -1.67. The van der Waals surface area contributed by atoms with Crippen molar-refractivity contribution in [2.75, 3.05) is 6.61 Å². The first-order chi connectivity index (χ1) is 7.33. The summed E-state index contributed by atoms with van der Waals surface area (Å²) in [7, 11) is 0. The Labute approximate surface area is 88.7 Å². The van der Waals surface area contributed by atoms with E-state index in [4.69, 9.17) is 0 Å². The molecule has 88 valence electrons. The Morgan fingerprint density at radius 3 is 2.31 bits per heavy atom. The molecule has 16 heavy (non-hydrogen) atoms. The third-order valence-electron chi connectivity index (χ3n) is 2.19. The van der Waals surface area contributed by atoms with E-state index in [2.05, 4.69) is 14.2 Å². The fourth-order valence-electron chi connectivity index (χ4n) is 1.44. The van der Waals surface area contributed by atoms with Crippen molar-refractivity contribution >= 4 is 17.9 Å². The second kappa shape index (κ2) is 3.16. The first kappa shape index (κ1) is 10.8. The van der Waals surface area contributed by atoms with Gasteiger partial charge in [-0.2, -0.15) is 0 Å². The van der Waals surface area contributed by atoms with E-state index in [1.807, 2.05) is 0 Å². The molecule has 2 unspecified atom stereocenters. The van der Waals surface area contributed by atoms with Gasteiger partial charge in [0.15, 0.2) is 12.2 Å². The lowest BCUT2D eigenvalue weighted by Crippen LogP contribution is -2.50. The molecule has 2 saturated heterocycles. The van der Waals surface area contributed by atoms with Gasteiger partial charge in [-0.1, -0.05) is 0 Å². The fraction of sp³-hybridized carbons (Fsp3) is 0.625. The summed E-state index contributed by atoms with van der Waals surface area (Å²) in [6.45, 7) is -0.820. The van der Waals surface area contributed by atoms with Crippen LogP contribution in [0.4, 0.5) is 0 Å². The van der Waals surface area contributed by atoms with Crippen LogP contribution in [0.5, 0.6) is 0 Å². The number of rotatable bonds is 0. The molecule has 0 spiro atoms. The number of carbonyl (C=O) groups is 3. The molecule has 2 fully saturated rings. The van der Waals surface area contributed by atoms with Gasteiger partial charge >= 0.3 is 23.9 Å². The Morgan fingerprint density at radius 2 is 1.62 bits per heavy atom. The van der Waals surface area contributed by atoms with Crippen LogP contribution < -0.4 is 0 Å². The Kier molecular flexibility index (Phi) is 2.14. The van der Waals surface area contributed by atoms with Gasteiger partial charge in [-0.25, -0.2) is 4.79 Å². The van der Waals surface area contributed by atoms with Crippen molar-refractivity contribution in [2.24, 2.45) is 0 Å². The van der Waals surface area contributed by atoms with E-state index in [-0.39, 0.29) is 0 Å². The van der Waals surface area contributed by atoms with Crippen molar-refractivity contribution < 1.29 is 38.8 Å². The molecule has 0 aliphatic carbocycles. The zero-order valence-electron chi connectivity index (χ0n) is 7.97. The molecule has 2 aliphatic rings. The molecule has 0 amide bonds. The summed E-state index contributed by atoms with van der Waals surface area (Å²) in [6.07, 6.45) is -1.50. The van der Waals surface area contributed by atoms with Crippen LogP contribution >= 0.6 is 0 Å². The van der Waals surface area contributed by atoms with Crippen LogP contribution in [0, 0.1) is 0 Å². The summed E-state index contributed by atoms with van der Waals surface area (Å²) in [5.41, 5.74) is -2.35. The molecule has 2 N–H and O–H groups in total. The number of aliphatic hydroxyl groups is 2. The van der Waals surface area contributed by atoms with Gasteiger partial charge in [0, 0.05) is 0 Å². The molecule has 8 nitrogen and oxygen atoms in total. The summed E-state index contributed by atoms with van der Waals surface area (Å²) < 4.78 is 13.2. The monoisotopic (exact) mass is 232 g/mol. The minimum absolute atomic E-state index is 0.725. The predicted octanol–water partition coefficient (Wildman–Crippen LogP) is -2.20. The minimum Gasteiger partial charge on any atom is -0.454 e. The number of ether oxygens (including phenoxy) is 3. The highest BCUT2D eigenvalue weighted by Gasteiger charge is 2.54. The molecular weight excluding hydrogens is 224 g/mol. The van der Waals surface area contributed by atoms with Gasteiger partial charge in [0.25, 0.3) is 0 Å². The van der Waals surface area contributed by atoms with E-state index in [1.54, 1.807) is 0 Å². The van der Waals surface area contributed by atoms with Crippen LogP contribution in [-0.2, 0) is 28.6 Å². The second-order valence-corrected chi connectivity index (χ2v) is 3.62. The summed E-state index contributed by atoms with van der Waals surface area (Å²) in [5, 5.41) is 19.2. The SMILES string of the molecule is O=C1CC2(O)CC(=O)OC(O)(CO1)OC2=O. The Bertz CT molecular complexity index is 376. The van der Waals surface area contributed by atoms with Gasteiger partial charge < -0.3 is 24.4 Å². The number of esters is 3. The molecular formula is C8H8O8. The molecule has 0 aromatic heterocycles. The molecule has 2 atom stereocenters. The van der Waals surface area contributed by atoms with Crippen LogP contribution in [0.3, 0.4) is 0 Å². The molecule has 2 rings (SSSR count). The Balaban J connectivity index is 2.43. The largest absolute Gasteiger partial charge is 0.454 e. The van der Waals surface area contributed by atoms with Gasteiger partial charge in [0.2, 0.25) is 0 Å². The maximum absolute atomic E-state index is 11.4. The van der Waals surface area contributed by atoms with E-state index >= 15 is 0 Å². The molecule has 0 aromatic rings. The van der Waals surface area contributed by atoms with Gasteiger partial charge in [-0.15, -0.1) is 0 Å². The summed E-state index contributed by atoms with van der Waals surface area (Å²) in [6, 6.07) is 0. The fourth-order valence-corrected chi connectivity index (χ4v) is 1.44. The highest BCUT2D eigenvalue weighted by atomic mass is 16.9. The topological polar surface area (TPSA) is 119 Å². The second-order valence-electron chi connectivity index (χ2n) is 3.62. The van der Waals surface area contributed by atoms with Crippen molar-refractivity contribution in [2.45, 2.75) is 24.4 Å². The van der Waals surface area contributed by atoms with E-state index in [0.29, 0.717) is 0 Å². The molecule has 2 bridgehead atoms. The van der Waals surface area contributed by atoms with Gasteiger partial charge in [-0.3, -0.25) is 9.59 Å². The predicted molar refractivity (Wildman–Crippen MR) is 42.3 cm³/mol. The van der Waals surface area contributed by atoms with E-state index in [0.717, 1.165) is 0 Å². The first-order valence-electron chi connectivity index (χ1n) is 4.39. The van der Waals surface area contributed by atoms with Crippen molar-refractivity contribution in [3.8, 4) is 0 Å². The lowest BCUT2D eigenvalue weighted by molar-refractivity contribution is -0.338. The van der Waals surface area contributed by atoms with E-state index < -0.39 is 48.9 Å². The van der Waals surface area contributed by atoms with Crippen molar-refractivity contribution in [1.82, 2.24) is 0 Å². The zero-order valence-corrected chi connectivity index (χ0v) is 7.97. The summed E-state index contributed by atoms with van der Waals surface area (Å²) >= 11 is 0. The number of hydrogen-bond acceptors (Lipinski definition) is 8. The van der Waals surface area contributed by atoms with Crippen LogP contribution in [0.25, 0.3) is 0 Å². The normalized spacial score (nSPS) is 39.0. The van der Waals surface area contributed by atoms with Gasteiger partial charge in [0.1, 0.15) is 0 Å². The van der Waals surface area contributed by atoms with Gasteiger partial charge in [-0.05, 0) is 0 Å². The average Bonchev–Trinajstić information content (AvgIpc) is 2.16. The maximum Gasteiger partial charge on any atom is 0.410 e. The van der Waals surface area contributed by atoms with Crippen LogP contribution in [0.1, 0.15) is 12.8 Å². The number of hydrogen-bond donors (Lipinski definition) is 2. The Morgan fingerprint density at radius 1 is 1.00 bits per heavy atom. The first-order valence-corrected chi connectivity index (χ1v) is 4.39. The van der Waals surface area contributed by atoms with Crippen LogP contribution in [0.15, 0.2) is 0 Å². The third-order valence-corrected chi connectivity index (χ3v) is 2.19. The number of carbonyl (C=O) groups excluding carboxylic acids is 3. The third kappa shape index (κ3) is 1.72. The standard InChI is InChI=1S/C8H8O8/c9-4-1-7(12)2-5(10)15-8(13,3-14-4)16-6(7)11/h12-13H,1-3H2. The zero-order chi connectivity index (χ0) is 12.0. The molecule has 0 saturated carbocycles. The molecule has 0 radical (unpaired) electrons. The smallest absolute Gasteiger partial charge is 0.410 e. The number of fused-ring (bicyclic) bond motifs is 3. The highest BCUT2D eigenvalue weighted by Crippen LogP contribution is 2.30. The van der Waals surface area contributed by atoms with E-state index in [9.17, 15) is 24.6 Å². The molecule has 8 heteroatoms. The quantitative estimate of drug-likeness (QED) is 0.451. The van der Waals surface area contributed by atoms with Crippen molar-refractivity contribution in [3.05, 3.63) is 0 Å². The average molecular weight is 232 g/mol. The van der Waals surface area contributed by atoms with E-state index in [1.165, 1.54) is 0 Å². The maximum atomic E-state index is 11.4. The van der Waals surface area contributed by atoms with Crippen molar-refractivity contribution in [1.29, 1.82) is 0 Å². The van der Waals surface area contributed by atoms with Crippen LogP contribution in [0.2, 0.25) is 0 Å². The molecule has 2 heterocycles. The lowest BCUT2D eigenvalue weighted by atomic mass is 9.96. The van der Waals surface area contributed by atoms with Crippen LogP contribution in [-0.4, -0.2) is 46.3 Å². The highest BCUT2D eigenvalue weighted by molar-refractivity contribution is 5.91. The summed E-state index contributed by atoms with van der Waals surface area (Å²) in [5.74, 6) is -5.95. The lowest BCUT2D eigenvalue weighted by Gasteiger charge is -2.28.